The lowest BCUT2D eigenvalue weighted by Gasteiger charge is -2.08. The van der Waals surface area contributed by atoms with Gasteiger partial charge in [0.1, 0.15) is 0 Å². The summed E-state index contributed by atoms with van der Waals surface area (Å²) in [7, 11) is 0. The van der Waals surface area contributed by atoms with Gasteiger partial charge >= 0.3 is 0 Å². The van der Waals surface area contributed by atoms with Gasteiger partial charge in [-0.1, -0.05) is 30.4 Å². The lowest BCUT2D eigenvalue weighted by atomic mass is 10.3. The summed E-state index contributed by atoms with van der Waals surface area (Å²) in [6.45, 7) is 2.17. The van der Waals surface area contributed by atoms with E-state index in [1.165, 1.54) is 11.3 Å². The average molecular weight is 296 g/mol. The van der Waals surface area contributed by atoms with E-state index in [-0.39, 0.29) is 17.8 Å². The van der Waals surface area contributed by atoms with Crippen LogP contribution in [0.1, 0.15) is 13.3 Å². The Morgan fingerprint density at radius 1 is 1.53 bits per heavy atom. The predicted octanol–water partition coefficient (Wildman–Crippen LogP) is 2.74. The van der Waals surface area contributed by atoms with E-state index in [1.54, 1.807) is 11.8 Å². The molecule has 1 unspecified atom stereocenters. The monoisotopic (exact) mass is 296 g/mol. The van der Waals surface area contributed by atoms with Gasteiger partial charge < -0.3 is 10.4 Å². The van der Waals surface area contributed by atoms with Crippen LogP contribution in [0.15, 0.2) is 24.3 Å². The summed E-state index contributed by atoms with van der Waals surface area (Å²) in [4.78, 5) is 16.1. The fraction of sp³-hybridized carbons (Fsp3) is 0.385. The summed E-state index contributed by atoms with van der Waals surface area (Å²) in [6.07, 6.45) is 0.707. The molecule has 4 nitrogen and oxygen atoms in total. The molecule has 0 spiro atoms. The van der Waals surface area contributed by atoms with E-state index in [0.29, 0.717) is 17.3 Å². The number of aliphatic hydroxyl groups excluding tert-OH is 1. The van der Waals surface area contributed by atoms with Crippen LogP contribution in [0.2, 0.25) is 0 Å². The molecule has 0 fully saturated rings. The number of aromatic nitrogens is 1. The van der Waals surface area contributed by atoms with E-state index < -0.39 is 0 Å². The second-order valence-electron chi connectivity index (χ2n) is 4.17. The van der Waals surface area contributed by atoms with Gasteiger partial charge in [0, 0.05) is 11.9 Å². The first kappa shape index (κ1) is 14.3. The minimum Gasteiger partial charge on any atom is -0.396 e. The highest BCUT2D eigenvalue weighted by Crippen LogP contribution is 2.25. The molecule has 2 N–H and O–H groups in total. The average Bonchev–Trinajstić information content (AvgIpc) is 2.78. The van der Waals surface area contributed by atoms with Crippen molar-refractivity contribution in [1.82, 2.24) is 4.98 Å². The summed E-state index contributed by atoms with van der Waals surface area (Å²) in [5.74, 6) is 0.339. The highest BCUT2D eigenvalue weighted by molar-refractivity contribution is 8.00. The van der Waals surface area contributed by atoms with E-state index in [1.807, 2.05) is 31.2 Å². The molecule has 2 aromatic rings. The quantitative estimate of drug-likeness (QED) is 0.860. The minimum absolute atomic E-state index is 0.0474. The number of aliphatic hydroxyl groups is 1. The van der Waals surface area contributed by atoms with Crippen molar-refractivity contribution in [2.24, 2.45) is 0 Å². The standard InChI is InChI=1S/C13H16N2O2S2/c1-9(6-7-16)18-8-12(17)15-13-14-10-4-2-3-5-11(10)19-13/h2-5,9,16H,6-8H2,1H3,(H,14,15,17). The zero-order chi connectivity index (χ0) is 13.7. The highest BCUT2D eigenvalue weighted by Gasteiger charge is 2.09. The third-order valence-electron chi connectivity index (χ3n) is 2.57. The topological polar surface area (TPSA) is 62.2 Å². The van der Waals surface area contributed by atoms with Crippen molar-refractivity contribution in [2.75, 3.05) is 17.7 Å². The number of anilines is 1. The summed E-state index contributed by atoms with van der Waals surface area (Å²) >= 11 is 3.02. The normalized spacial score (nSPS) is 12.5. The van der Waals surface area contributed by atoms with Crippen LogP contribution in [0.3, 0.4) is 0 Å². The Bertz CT molecular complexity index is 523. The Morgan fingerprint density at radius 2 is 2.32 bits per heavy atom. The van der Waals surface area contributed by atoms with E-state index in [0.717, 1.165) is 10.2 Å². The molecule has 102 valence electrons. The van der Waals surface area contributed by atoms with Crippen molar-refractivity contribution in [3.63, 3.8) is 0 Å². The third-order valence-corrected chi connectivity index (χ3v) is 4.76. The van der Waals surface area contributed by atoms with Gasteiger partial charge in [-0.05, 0) is 18.6 Å². The van der Waals surface area contributed by atoms with Crippen molar-refractivity contribution in [1.29, 1.82) is 0 Å². The number of fused-ring (bicyclic) bond motifs is 1. The van der Waals surface area contributed by atoms with Gasteiger partial charge in [0.15, 0.2) is 5.13 Å². The maximum atomic E-state index is 11.8. The molecule has 0 saturated carbocycles. The fourth-order valence-corrected chi connectivity index (χ4v) is 3.23. The third kappa shape index (κ3) is 4.19. The van der Waals surface area contributed by atoms with Gasteiger partial charge in [-0.2, -0.15) is 0 Å². The van der Waals surface area contributed by atoms with Gasteiger partial charge in [0.25, 0.3) is 0 Å². The molecule has 0 bridgehead atoms. The number of nitrogens with zero attached hydrogens (tertiary/aromatic N) is 1. The number of hydrogen-bond donors (Lipinski definition) is 2. The highest BCUT2D eigenvalue weighted by atomic mass is 32.2. The van der Waals surface area contributed by atoms with Gasteiger partial charge in [-0.15, -0.1) is 11.8 Å². The number of benzene rings is 1. The number of nitrogens with one attached hydrogen (secondary N) is 1. The number of rotatable bonds is 6. The first-order valence-corrected chi connectivity index (χ1v) is 7.93. The fourth-order valence-electron chi connectivity index (χ4n) is 1.56. The van der Waals surface area contributed by atoms with E-state index in [2.05, 4.69) is 10.3 Å². The molecule has 0 saturated heterocycles. The number of hydrogen-bond acceptors (Lipinski definition) is 5. The Balaban J connectivity index is 1.88. The van der Waals surface area contributed by atoms with Gasteiger partial charge in [-0.25, -0.2) is 4.98 Å². The lowest BCUT2D eigenvalue weighted by molar-refractivity contribution is -0.113. The minimum atomic E-state index is -0.0474. The number of amides is 1. The van der Waals surface area contributed by atoms with Crippen molar-refractivity contribution >= 4 is 44.4 Å². The van der Waals surface area contributed by atoms with E-state index in [4.69, 9.17) is 5.11 Å². The van der Waals surface area contributed by atoms with E-state index in [9.17, 15) is 4.79 Å². The molecule has 0 aliphatic heterocycles. The second-order valence-corrected chi connectivity index (χ2v) is 6.63. The van der Waals surface area contributed by atoms with Crippen LogP contribution in [0.25, 0.3) is 10.2 Å². The van der Waals surface area contributed by atoms with Crippen LogP contribution in [0.4, 0.5) is 5.13 Å². The SMILES string of the molecule is CC(CCO)SCC(=O)Nc1nc2ccccc2s1. The first-order valence-electron chi connectivity index (χ1n) is 6.07. The molecule has 0 aliphatic rings. The number of thiazole rings is 1. The number of thioether (sulfide) groups is 1. The van der Waals surface area contributed by atoms with Crippen molar-refractivity contribution in [3.8, 4) is 0 Å². The predicted molar refractivity (Wildman–Crippen MR) is 81.9 cm³/mol. The zero-order valence-corrected chi connectivity index (χ0v) is 12.3. The molecule has 0 radical (unpaired) electrons. The molecular weight excluding hydrogens is 280 g/mol. The van der Waals surface area contributed by atoms with Crippen LogP contribution in [0.5, 0.6) is 0 Å². The largest absolute Gasteiger partial charge is 0.396 e. The van der Waals surface area contributed by atoms with Gasteiger partial charge in [0.2, 0.25) is 5.91 Å². The van der Waals surface area contributed by atoms with Crippen LogP contribution >= 0.6 is 23.1 Å². The molecule has 2 rings (SSSR count). The Kier molecular flexibility index (Phi) is 5.18. The van der Waals surface area contributed by atoms with Crippen molar-refractivity contribution in [2.45, 2.75) is 18.6 Å². The lowest BCUT2D eigenvalue weighted by Crippen LogP contribution is -2.16. The Hall–Kier alpha value is -1.11. The summed E-state index contributed by atoms with van der Waals surface area (Å²) < 4.78 is 1.07. The van der Waals surface area contributed by atoms with Crippen molar-refractivity contribution in [3.05, 3.63) is 24.3 Å². The zero-order valence-electron chi connectivity index (χ0n) is 10.6. The first-order chi connectivity index (χ1) is 9.19. The van der Waals surface area contributed by atoms with Crippen LogP contribution in [-0.4, -0.2) is 33.6 Å². The van der Waals surface area contributed by atoms with Crippen LogP contribution < -0.4 is 5.32 Å². The Labute approximate surface area is 120 Å². The molecule has 1 atom stereocenters. The molecule has 1 amide bonds. The van der Waals surface area contributed by atoms with Gasteiger partial charge in [0.05, 0.1) is 16.0 Å². The maximum Gasteiger partial charge on any atom is 0.236 e. The summed E-state index contributed by atoms with van der Waals surface area (Å²) in [5, 5.41) is 12.5. The summed E-state index contributed by atoms with van der Waals surface area (Å²) in [6, 6.07) is 7.80. The summed E-state index contributed by atoms with van der Waals surface area (Å²) in [5.41, 5.74) is 0.907. The van der Waals surface area contributed by atoms with Gasteiger partial charge in [-0.3, -0.25) is 4.79 Å². The molecule has 0 aliphatic carbocycles. The molecule has 19 heavy (non-hydrogen) atoms. The van der Waals surface area contributed by atoms with Crippen molar-refractivity contribution < 1.29 is 9.90 Å². The van der Waals surface area contributed by atoms with Crippen LogP contribution in [-0.2, 0) is 4.79 Å². The second kappa shape index (κ2) is 6.88. The molecule has 1 aromatic carbocycles. The maximum absolute atomic E-state index is 11.8. The number of carbonyl (C=O) groups is 1. The molecule has 1 aromatic heterocycles. The van der Waals surface area contributed by atoms with Crippen LogP contribution in [0, 0.1) is 0 Å². The molecule has 1 heterocycles. The van der Waals surface area contributed by atoms with E-state index >= 15 is 0 Å². The number of para-hydroxylation sites is 1. The molecular formula is C13H16N2O2S2. The number of carbonyl (C=O) groups excluding carboxylic acids is 1. The smallest absolute Gasteiger partial charge is 0.236 e. The Morgan fingerprint density at radius 3 is 3.05 bits per heavy atom. The molecule has 6 heteroatoms.